The van der Waals surface area contributed by atoms with Gasteiger partial charge in [0, 0.05) is 21.7 Å². The summed E-state index contributed by atoms with van der Waals surface area (Å²) in [6.07, 6.45) is 5.71. The Morgan fingerprint density at radius 3 is 2.77 bits per heavy atom. The van der Waals surface area contributed by atoms with Gasteiger partial charge in [0.2, 0.25) is 0 Å². The van der Waals surface area contributed by atoms with E-state index in [0.29, 0.717) is 11.8 Å². The molecule has 0 radical (unpaired) electrons. The maximum Gasteiger partial charge on any atom is 0.0554 e. The lowest BCUT2D eigenvalue weighted by Crippen LogP contribution is -2.29. The Bertz CT molecular complexity index is 766. The summed E-state index contributed by atoms with van der Waals surface area (Å²) in [7, 11) is 0. The largest absolute Gasteiger partial charge is 0.377 e. The van der Waals surface area contributed by atoms with Crippen LogP contribution < -0.4 is 5.32 Å². The minimum absolute atomic E-state index is 0.283. The van der Waals surface area contributed by atoms with Crippen molar-refractivity contribution in [3.8, 4) is 0 Å². The summed E-state index contributed by atoms with van der Waals surface area (Å²) in [5.74, 6) is 0.946. The lowest BCUT2D eigenvalue weighted by molar-refractivity contribution is 0.425. The van der Waals surface area contributed by atoms with Crippen LogP contribution in [0.25, 0.3) is 0 Å². The van der Waals surface area contributed by atoms with Gasteiger partial charge in [-0.3, -0.25) is 0 Å². The van der Waals surface area contributed by atoms with Gasteiger partial charge in [-0.1, -0.05) is 47.5 Å². The Balaban J connectivity index is 1.84. The van der Waals surface area contributed by atoms with E-state index in [2.05, 4.69) is 42.6 Å². The van der Waals surface area contributed by atoms with Crippen LogP contribution >= 0.6 is 23.2 Å². The number of anilines is 1. The molecule has 4 rings (SSSR count). The van der Waals surface area contributed by atoms with Crippen molar-refractivity contribution in [2.24, 2.45) is 5.92 Å². The molecule has 0 spiro atoms. The standard InChI is InChI=1S/C19H17Cl2N/c1-11-8-14(21)10-17-15-6-3-7-16(15)19(22-18(11)17)12-4-2-5-13(20)9-12/h2-6,8-10,15-16,19,22H,7H2,1H3/t15-,16+,19-/m1/s1. The molecule has 0 saturated heterocycles. The lowest BCUT2D eigenvalue weighted by atomic mass is 9.76. The van der Waals surface area contributed by atoms with Crippen LogP contribution in [0.2, 0.25) is 10.0 Å². The first-order valence-electron chi connectivity index (χ1n) is 7.62. The smallest absolute Gasteiger partial charge is 0.0554 e. The molecule has 2 aromatic carbocycles. The Hall–Kier alpha value is -1.44. The highest BCUT2D eigenvalue weighted by Crippen LogP contribution is 2.51. The van der Waals surface area contributed by atoms with Gasteiger partial charge in [-0.25, -0.2) is 0 Å². The van der Waals surface area contributed by atoms with Crippen molar-refractivity contribution in [3.63, 3.8) is 0 Å². The Morgan fingerprint density at radius 2 is 1.95 bits per heavy atom. The van der Waals surface area contributed by atoms with E-state index >= 15 is 0 Å². The summed E-state index contributed by atoms with van der Waals surface area (Å²) in [6.45, 7) is 2.12. The molecule has 0 saturated carbocycles. The monoisotopic (exact) mass is 329 g/mol. The predicted octanol–water partition coefficient (Wildman–Crippen LogP) is 6.13. The van der Waals surface area contributed by atoms with E-state index in [4.69, 9.17) is 23.2 Å². The van der Waals surface area contributed by atoms with Gasteiger partial charge in [-0.2, -0.15) is 0 Å². The van der Waals surface area contributed by atoms with E-state index in [1.54, 1.807) is 0 Å². The molecule has 0 aromatic heterocycles. The Labute approximate surface area is 140 Å². The molecule has 3 heteroatoms. The van der Waals surface area contributed by atoms with E-state index in [0.717, 1.165) is 16.5 Å². The zero-order chi connectivity index (χ0) is 15.3. The highest BCUT2D eigenvalue weighted by molar-refractivity contribution is 6.31. The number of hydrogen-bond acceptors (Lipinski definition) is 1. The number of hydrogen-bond donors (Lipinski definition) is 1. The topological polar surface area (TPSA) is 12.0 Å². The summed E-state index contributed by atoms with van der Waals surface area (Å²) in [5.41, 5.74) is 5.00. The molecule has 0 bridgehead atoms. The third-order valence-electron chi connectivity index (χ3n) is 4.84. The zero-order valence-corrected chi connectivity index (χ0v) is 13.8. The highest BCUT2D eigenvalue weighted by atomic mass is 35.5. The van der Waals surface area contributed by atoms with Gasteiger partial charge in [0.15, 0.2) is 0 Å². The van der Waals surface area contributed by atoms with Crippen LogP contribution in [0.1, 0.15) is 35.1 Å². The maximum atomic E-state index is 6.28. The lowest BCUT2D eigenvalue weighted by Gasteiger charge is -2.38. The van der Waals surface area contributed by atoms with E-state index < -0.39 is 0 Å². The molecule has 1 aliphatic carbocycles. The van der Waals surface area contributed by atoms with Crippen molar-refractivity contribution in [1.82, 2.24) is 0 Å². The summed E-state index contributed by atoms with van der Waals surface area (Å²) in [5, 5.41) is 5.36. The van der Waals surface area contributed by atoms with Crippen LogP contribution in [0.15, 0.2) is 48.6 Å². The van der Waals surface area contributed by atoms with Gasteiger partial charge in [0.25, 0.3) is 0 Å². The van der Waals surface area contributed by atoms with Crippen LogP contribution in [-0.2, 0) is 0 Å². The summed E-state index contributed by atoms with van der Waals surface area (Å²) in [6, 6.07) is 12.6. The number of halogens is 2. The third kappa shape index (κ3) is 2.24. The van der Waals surface area contributed by atoms with Crippen molar-refractivity contribution in [2.75, 3.05) is 5.32 Å². The van der Waals surface area contributed by atoms with Crippen LogP contribution in [0.4, 0.5) is 5.69 Å². The minimum Gasteiger partial charge on any atom is -0.377 e. The molecule has 112 valence electrons. The molecule has 0 amide bonds. The average molecular weight is 330 g/mol. The average Bonchev–Trinajstić information content (AvgIpc) is 2.96. The van der Waals surface area contributed by atoms with E-state index in [9.17, 15) is 0 Å². The first-order chi connectivity index (χ1) is 10.6. The fraction of sp³-hybridized carbons (Fsp3) is 0.263. The number of benzene rings is 2. The van der Waals surface area contributed by atoms with Gasteiger partial charge in [0.05, 0.1) is 6.04 Å². The minimum atomic E-state index is 0.283. The van der Waals surface area contributed by atoms with Crippen molar-refractivity contribution in [3.05, 3.63) is 75.3 Å². The number of allylic oxidation sites excluding steroid dienone is 2. The normalized spacial score (nSPS) is 25.5. The highest BCUT2D eigenvalue weighted by Gasteiger charge is 2.38. The Kier molecular flexibility index (Phi) is 3.43. The van der Waals surface area contributed by atoms with Gasteiger partial charge in [0.1, 0.15) is 0 Å². The Morgan fingerprint density at radius 1 is 1.09 bits per heavy atom. The molecule has 2 aliphatic rings. The predicted molar refractivity (Wildman–Crippen MR) is 94.0 cm³/mol. The summed E-state index contributed by atoms with van der Waals surface area (Å²) < 4.78 is 0. The quantitative estimate of drug-likeness (QED) is 0.620. The second kappa shape index (κ2) is 5.33. The summed E-state index contributed by atoms with van der Waals surface area (Å²) in [4.78, 5) is 0. The van der Waals surface area contributed by atoms with E-state index in [1.165, 1.54) is 22.4 Å². The van der Waals surface area contributed by atoms with Gasteiger partial charge < -0.3 is 5.32 Å². The van der Waals surface area contributed by atoms with Crippen molar-refractivity contribution in [2.45, 2.75) is 25.3 Å². The second-order valence-electron chi connectivity index (χ2n) is 6.22. The summed E-state index contributed by atoms with van der Waals surface area (Å²) >= 11 is 12.5. The molecule has 1 nitrogen and oxygen atoms in total. The molecular formula is C19H17Cl2N. The van der Waals surface area contributed by atoms with Crippen molar-refractivity contribution < 1.29 is 0 Å². The van der Waals surface area contributed by atoms with E-state index in [1.807, 2.05) is 18.2 Å². The van der Waals surface area contributed by atoms with Crippen LogP contribution in [-0.4, -0.2) is 0 Å². The van der Waals surface area contributed by atoms with Crippen molar-refractivity contribution >= 4 is 28.9 Å². The number of rotatable bonds is 1. The molecule has 1 N–H and O–H groups in total. The van der Waals surface area contributed by atoms with Crippen LogP contribution in [0.3, 0.4) is 0 Å². The van der Waals surface area contributed by atoms with Crippen LogP contribution in [0, 0.1) is 12.8 Å². The first-order valence-corrected chi connectivity index (χ1v) is 8.38. The van der Waals surface area contributed by atoms with Crippen LogP contribution in [0.5, 0.6) is 0 Å². The molecule has 1 heterocycles. The molecule has 3 atom stereocenters. The third-order valence-corrected chi connectivity index (χ3v) is 5.29. The van der Waals surface area contributed by atoms with Crippen molar-refractivity contribution in [1.29, 1.82) is 0 Å². The number of fused-ring (bicyclic) bond motifs is 3. The molecule has 0 fully saturated rings. The van der Waals surface area contributed by atoms with E-state index in [-0.39, 0.29) is 6.04 Å². The fourth-order valence-electron chi connectivity index (χ4n) is 3.87. The molecular weight excluding hydrogens is 313 g/mol. The molecule has 22 heavy (non-hydrogen) atoms. The fourth-order valence-corrected chi connectivity index (χ4v) is 4.35. The molecule has 0 unspecified atom stereocenters. The van der Waals surface area contributed by atoms with Gasteiger partial charge in [-0.15, -0.1) is 0 Å². The van der Waals surface area contributed by atoms with Gasteiger partial charge in [-0.05, 0) is 60.2 Å². The van der Waals surface area contributed by atoms with Gasteiger partial charge >= 0.3 is 0 Å². The number of nitrogens with one attached hydrogen (secondary N) is 1. The molecule has 2 aromatic rings. The SMILES string of the molecule is Cc1cc(Cl)cc2c1N[C@H](c1cccc(Cl)c1)[C@H]1CC=C[C@@H]21. The maximum absolute atomic E-state index is 6.28. The number of aryl methyl sites for hydroxylation is 1. The second-order valence-corrected chi connectivity index (χ2v) is 7.09. The first kappa shape index (κ1) is 14.2. The molecule has 1 aliphatic heterocycles. The zero-order valence-electron chi connectivity index (χ0n) is 12.3.